The molecule has 10 heteroatoms. The van der Waals surface area contributed by atoms with Crippen LogP contribution >= 0.6 is 0 Å². The standard InChI is InChI=1S/C18H31N3O2.C7H12O.C6H11NO.C6H12.CH3NO/c1-4-13-10-18(13,23-15-7-8-15)20-11-14-6-5-9-21(14)17(22)16(19)12(2)3;1-6(2)5-7(3)8-4;1-5(4-7)6(2)8-3;1-2-4-6-5-3-1;2-1-3/h4,12-16,20H,1,5-11,19H2,2-3H3;5H,3H2,1-2,4H3;1-2,4,7H2,3H3;1-6H2;1H,(H2,2,3). The van der Waals surface area contributed by atoms with Crippen molar-refractivity contribution in [1.29, 1.82) is 0 Å². The van der Waals surface area contributed by atoms with Gasteiger partial charge >= 0.3 is 0 Å². The molecule has 1 heterocycles. The fraction of sp³-hybridized carbons (Fsp3) is 0.684. The molecule has 3 aliphatic carbocycles. The highest BCUT2D eigenvalue weighted by molar-refractivity contribution is 5.82. The number of nitrogens with zero attached hydrogens (tertiary/aromatic N) is 1. The molecule has 2 amide bonds. The summed E-state index contributed by atoms with van der Waals surface area (Å²) in [5.41, 5.74) is 17.2. The predicted molar refractivity (Wildman–Crippen MR) is 199 cm³/mol. The Labute approximate surface area is 292 Å². The molecule has 48 heavy (non-hydrogen) atoms. The number of nitrogens with two attached hydrogens (primary N) is 3. The normalized spacial score (nSPS) is 22.6. The van der Waals surface area contributed by atoms with Crippen LogP contribution in [0.25, 0.3) is 0 Å². The molecule has 0 spiro atoms. The molecule has 10 nitrogen and oxygen atoms in total. The van der Waals surface area contributed by atoms with Crippen molar-refractivity contribution in [2.75, 3.05) is 33.9 Å². The fourth-order valence-electron chi connectivity index (χ4n) is 5.21. The number of primary amides is 1. The molecule has 4 unspecified atom stereocenters. The lowest BCUT2D eigenvalue weighted by Gasteiger charge is -2.30. The van der Waals surface area contributed by atoms with E-state index in [0.29, 0.717) is 30.1 Å². The van der Waals surface area contributed by atoms with Crippen molar-refractivity contribution in [1.82, 2.24) is 10.2 Å². The number of hydrogen-bond acceptors (Lipinski definition) is 8. The molecule has 0 aromatic heterocycles. The maximum atomic E-state index is 12.6. The number of carbonyl (C=O) groups is 2. The number of likely N-dealkylation sites (tertiary alicyclic amines) is 1. The third kappa shape index (κ3) is 18.6. The van der Waals surface area contributed by atoms with Crippen LogP contribution in [0, 0.1) is 11.8 Å². The maximum absolute atomic E-state index is 12.6. The third-order valence-corrected chi connectivity index (χ3v) is 8.55. The van der Waals surface area contributed by atoms with Gasteiger partial charge < -0.3 is 36.3 Å². The Morgan fingerprint density at radius 1 is 1.00 bits per heavy atom. The molecule has 0 bridgehead atoms. The van der Waals surface area contributed by atoms with Crippen LogP contribution in [0.1, 0.15) is 98.3 Å². The van der Waals surface area contributed by atoms with Gasteiger partial charge in [0.15, 0.2) is 0 Å². The van der Waals surface area contributed by atoms with Crippen molar-refractivity contribution in [2.24, 2.45) is 29.0 Å². The molecule has 4 atom stereocenters. The minimum Gasteiger partial charge on any atom is -0.497 e. The molecule has 1 saturated heterocycles. The van der Waals surface area contributed by atoms with Crippen molar-refractivity contribution in [3.8, 4) is 0 Å². The largest absolute Gasteiger partial charge is 0.497 e. The van der Waals surface area contributed by atoms with Crippen LogP contribution in [0.3, 0.4) is 0 Å². The Kier molecular flexibility index (Phi) is 23.6. The first kappa shape index (κ1) is 45.1. The van der Waals surface area contributed by atoms with Crippen LogP contribution in [0.5, 0.6) is 0 Å². The van der Waals surface area contributed by atoms with Gasteiger partial charge in [-0.3, -0.25) is 14.9 Å². The van der Waals surface area contributed by atoms with Gasteiger partial charge in [-0.1, -0.05) is 83.8 Å². The van der Waals surface area contributed by atoms with Gasteiger partial charge in [0.1, 0.15) is 17.2 Å². The van der Waals surface area contributed by atoms with Gasteiger partial charge in [0, 0.05) is 38.0 Å². The second kappa shape index (κ2) is 25.1. The van der Waals surface area contributed by atoms with Gasteiger partial charge in [-0.15, -0.1) is 6.58 Å². The summed E-state index contributed by atoms with van der Waals surface area (Å²) in [5, 5.41) is 3.61. The first-order chi connectivity index (χ1) is 22.8. The molecule has 7 N–H and O–H groups in total. The second-order valence-corrected chi connectivity index (χ2v) is 13.3. The highest BCUT2D eigenvalue weighted by Gasteiger charge is 2.56. The fourth-order valence-corrected chi connectivity index (χ4v) is 5.21. The van der Waals surface area contributed by atoms with Crippen LogP contribution in [0.15, 0.2) is 61.1 Å². The lowest BCUT2D eigenvalue weighted by Crippen LogP contribution is -2.52. The summed E-state index contributed by atoms with van der Waals surface area (Å²) in [4.78, 5) is 23.1. The first-order valence-electron chi connectivity index (χ1n) is 17.5. The Hall–Kier alpha value is -2.92. The van der Waals surface area contributed by atoms with E-state index < -0.39 is 6.04 Å². The Balaban J connectivity index is 0.000000723. The van der Waals surface area contributed by atoms with Gasteiger partial charge in [-0.25, -0.2) is 0 Å². The Morgan fingerprint density at radius 2 is 1.54 bits per heavy atom. The Morgan fingerprint density at radius 3 is 1.88 bits per heavy atom. The highest BCUT2D eigenvalue weighted by Crippen LogP contribution is 2.49. The summed E-state index contributed by atoms with van der Waals surface area (Å²) in [6.07, 6.45) is 19.0. The number of allylic oxidation sites excluding steroid dienone is 2. The molecule has 4 fully saturated rings. The molecular formula is C38H69N5O5. The average molecular weight is 676 g/mol. The van der Waals surface area contributed by atoms with E-state index in [1.54, 1.807) is 14.2 Å². The summed E-state index contributed by atoms with van der Waals surface area (Å²) >= 11 is 0. The van der Waals surface area contributed by atoms with Gasteiger partial charge in [-0.05, 0) is 57.1 Å². The second-order valence-electron chi connectivity index (χ2n) is 13.3. The molecule has 0 aromatic carbocycles. The molecule has 0 aromatic rings. The summed E-state index contributed by atoms with van der Waals surface area (Å²) < 4.78 is 15.7. The number of nitrogens with one attached hydrogen (secondary N) is 1. The van der Waals surface area contributed by atoms with E-state index in [1.165, 1.54) is 56.9 Å². The summed E-state index contributed by atoms with van der Waals surface area (Å²) in [7, 11) is 3.16. The summed E-state index contributed by atoms with van der Waals surface area (Å²) in [6.45, 7) is 24.7. The zero-order valence-corrected chi connectivity index (χ0v) is 31.1. The van der Waals surface area contributed by atoms with Crippen LogP contribution in [0.2, 0.25) is 0 Å². The Bertz CT molecular complexity index is 991. The van der Waals surface area contributed by atoms with E-state index in [2.05, 4.69) is 37.4 Å². The highest BCUT2D eigenvalue weighted by atomic mass is 16.5. The first-order valence-corrected chi connectivity index (χ1v) is 17.5. The predicted octanol–water partition coefficient (Wildman–Crippen LogP) is 5.85. The van der Waals surface area contributed by atoms with Crippen LogP contribution < -0.4 is 22.5 Å². The van der Waals surface area contributed by atoms with Crippen molar-refractivity contribution < 1.29 is 23.8 Å². The monoisotopic (exact) mass is 676 g/mol. The minimum absolute atomic E-state index is 0.0949. The van der Waals surface area contributed by atoms with Crippen molar-refractivity contribution in [2.45, 2.75) is 122 Å². The molecule has 1 aliphatic heterocycles. The van der Waals surface area contributed by atoms with Crippen LogP contribution in [0.4, 0.5) is 0 Å². The lowest BCUT2D eigenvalue weighted by atomic mass is 10.0. The molecule has 276 valence electrons. The molecule has 4 aliphatic rings. The number of carbonyl (C=O) groups excluding carboxylic acids is 2. The number of amides is 2. The van der Waals surface area contributed by atoms with Gasteiger partial charge in [0.05, 0.1) is 26.4 Å². The van der Waals surface area contributed by atoms with Crippen molar-refractivity contribution in [3.05, 3.63) is 61.1 Å². The van der Waals surface area contributed by atoms with Crippen LogP contribution in [-0.4, -0.2) is 75.0 Å². The smallest absolute Gasteiger partial charge is 0.240 e. The zero-order chi connectivity index (χ0) is 36.7. The van der Waals surface area contributed by atoms with E-state index in [9.17, 15) is 4.79 Å². The quantitative estimate of drug-likeness (QED) is 0.0623. The van der Waals surface area contributed by atoms with Crippen LogP contribution in [-0.2, 0) is 23.8 Å². The molecule has 3 saturated carbocycles. The third-order valence-electron chi connectivity index (χ3n) is 8.55. The number of hydrogen-bond donors (Lipinski definition) is 4. The zero-order valence-electron chi connectivity index (χ0n) is 31.1. The van der Waals surface area contributed by atoms with Crippen molar-refractivity contribution >= 4 is 12.3 Å². The summed E-state index contributed by atoms with van der Waals surface area (Å²) in [5.74, 6) is 1.94. The van der Waals surface area contributed by atoms with Gasteiger partial charge in [0.25, 0.3) is 0 Å². The van der Waals surface area contributed by atoms with E-state index >= 15 is 0 Å². The average Bonchev–Trinajstić information content (AvgIpc) is 3.99. The van der Waals surface area contributed by atoms with E-state index in [1.807, 2.05) is 44.7 Å². The van der Waals surface area contributed by atoms with Gasteiger partial charge in [-0.2, -0.15) is 0 Å². The molecule has 4 rings (SSSR count). The lowest BCUT2D eigenvalue weighted by molar-refractivity contribution is -0.134. The molecule has 0 radical (unpaired) electrons. The maximum Gasteiger partial charge on any atom is 0.240 e. The summed E-state index contributed by atoms with van der Waals surface area (Å²) in [6, 6.07) is -0.160. The van der Waals surface area contributed by atoms with E-state index in [4.69, 9.17) is 30.5 Å². The molecular weight excluding hydrogens is 606 g/mol. The number of rotatable bonds is 13. The number of methoxy groups -OCH3 is 2. The topological polar surface area (TPSA) is 155 Å². The van der Waals surface area contributed by atoms with E-state index in [-0.39, 0.29) is 30.0 Å². The van der Waals surface area contributed by atoms with Gasteiger partial charge in [0.2, 0.25) is 12.3 Å². The minimum atomic E-state index is -0.394. The van der Waals surface area contributed by atoms with Crippen molar-refractivity contribution in [3.63, 3.8) is 0 Å². The SMILES string of the molecule is C1CCCCC1.C=C(C=C(C)C)OC.C=C(CN)C(=C)OC.C=CC1CC1(NCC1CCCN1C(=O)C(N)C(C)C)OC1CC1.NC=O. The number of ether oxygens (including phenoxy) is 3. The van der Waals surface area contributed by atoms with E-state index in [0.717, 1.165) is 37.9 Å².